The molecule has 0 amide bonds. The Morgan fingerprint density at radius 3 is 3.00 bits per heavy atom. The van der Waals surface area contributed by atoms with Crippen molar-refractivity contribution >= 4 is 21.7 Å². The van der Waals surface area contributed by atoms with Gasteiger partial charge in [0.05, 0.1) is 0 Å². The van der Waals surface area contributed by atoms with Gasteiger partial charge in [-0.25, -0.2) is 9.97 Å². The van der Waals surface area contributed by atoms with E-state index >= 15 is 0 Å². The van der Waals surface area contributed by atoms with Crippen LogP contribution in [0.15, 0.2) is 10.7 Å². The molecule has 1 saturated heterocycles. The van der Waals surface area contributed by atoms with Crippen LogP contribution in [0.25, 0.3) is 0 Å². The molecule has 1 aliphatic heterocycles. The van der Waals surface area contributed by atoms with Crippen LogP contribution < -0.4 is 4.90 Å². The monoisotopic (exact) mass is 271 g/mol. The van der Waals surface area contributed by atoms with Gasteiger partial charge in [-0.05, 0) is 29.3 Å². The molecule has 0 aromatic carbocycles. The van der Waals surface area contributed by atoms with Gasteiger partial charge >= 0.3 is 0 Å². The Morgan fingerprint density at radius 2 is 2.40 bits per heavy atom. The van der Waals surface area contributed by atoms with Crippen molar-refractivity contribution in [2.24, 2.45) is 5.92 Å². The molecule has 1 fully saturated rings. The average Bonchev–Trinajstić information content (AvgIpc) is 2.64. The average molecular weight is 272 g/mol. The number of hydrogen-bond acceptors (Lipinski definition) is 4. The van der Waals surface area contributed by atoms with Gasteiger partial charge in [-0.1, -0.05) is 0 Å². The van der Waals surface area contributed by atoms with E-state index in [1.807, 2.05) is 13.0 Å². The summed E-state index contributed by atoms with van der Waals surface area (Å²) in [4.78, 5) is 10.8. The van der Waals surface area contributed by atoms with Gasteiger partial charge in [-0.15, -0.1) is 0 Å². The molecule has 1 N–H and O–H groups in total. The molecule has 1 aromatic rings. The third-order valence-corrected chi connectivity index (χ3v) is 3.07. The van der Waals surface area contributed by atoms with Gasteiger partial charge in [-0.3, -0.25) is 0 Å². The maximum atomic E-state index is 9.07. The second-order valence-corrected chi connectivity index (χ2v) is 4.69. The summed E-state index contributed by atoms with van der Waals surface area (Å²) in [5.41, 5.74) is 0. The standard InChI is InChI=1S/C10H14BrN3O/c1-7-12-9(11)4-10(13-7)14-3-2-8(5-14)6-15/h4,8,15H,2-3,5-6H2,1H3. The largest absolute Gasteiger partial charge is 0.396 e. The summed E-state index contributed by atoms with van der Waals surface area (Å²) < 4.78 is 0.817. The van der Waals surface area contributed by atoms with Gasteiger partial charge in [0.25, 0.3) is 0 Å². The molecule has 5 heteroatoms. The zero-order valence-electron chi connectivity index (χ0n) is 8.65. The topological polar surface area (TPSA) is 49.2 Å². The van der Waals surface area contributed by atoms with E-state index in [1.54, 1.807) is 0 Å². The van der Waals surface area contributed by atoms with Crippen LogP contribution in [0.3, 0.4) is 0 Å². The lowest BCUT2D eigenvalue weighted by molar-refractivity contribution is 0.238. The molecule has 1 atom stereocenters. The van der Waals surface area contributed by atoms with Crippen molar-refractivity contribution < 1.29 is 5.11 Å². The quantitative estimate of drug-likeness (QED) is 0.826. The third-order valence-electron chi connectivity index (χ3n) is 2.66. The van der Waals surface area contributed by atoms with Crippen LogP contribution in [0, 0.1) is 12.8 Å². The number of aliphatic hydroxyl groups is 1. The van der Waals surface area contributed by atoms with Gasteiger partial charge in [0, 0.05) is 31.7 Å². The van der Waals surface area contributed by atoms with Gasteiger partial charge in [0.1, 0.15) is 16.2 Å². The van der Waals surface area contributed by atoms with Crippen molar-refractivity contribution in [2.75, 3.05) is 24.6 Å². The minimum atomic E-state index is 0.266. The molecule has 0 saturated carbocycles. The highest BCUT2D eigenvalue weighted by molar-refractivity contribution is 9.10. The molecule has 82 valence electrons. The molecule has 1 aromatic heterocycles. The van der Waals surface area contributed by atoms with E-state index in [0.29, 0.717) is 5.92 Å². The van der Waals surface area contributed by atoms with Crippen LogP contribution >= 0.6 is 15.9 Å². The van der Waals surface area contributed by atoms with Crippen LogP contribution in [0.4, 0.5) is 5.82 Å². The highest BCUT2D eigenvalue weighted by Crippen LogP contribution is 2.23. The molecule has 0 spiro atoms. The lowest BCUT2D eigenvalue weighted by Crippen LogP contribution is -2.22. The van der Waals surface area contributed by atoms with Crippen LogP contribution in [0.1, 0.15) is 12.2 Å². The molecule has 2 heterocycles. The summed E-state index contributed by atoms with van der Waals surface area (Å²) in [5, 5.41) is 9.07. The van der Waals surface area contributed by atoms with Gasteiger partial charge < -0.3 is 10.0 Å². The summed E-state index contributed by atoms with van der Waals surface area (Å²) in [6, 6.07) is 1.92. The number of halogens is 1. The number of anilines is 1. The second kappa shape index (κ2) is 4.45. The molecule has 0 bridgehead atoms. The van der Waals surface area contributed by atoms with Crippen molar-refractivity contribution in [3.8, 4) is 0 Å². The summed E-state index contributed by atoms with van der Waals surface area (Å²) in [5.74, 6) is 2.11. The summed E-state index contributed by atoms with van der Waals surface area (Å²) in [6.07, 6.45) is 1.04. The number of aromatic nitrogens is 2. The Balaban J connectivity index is 2.16. The molecular formula is C10H14BrN3O. The number of nitrogens with zero attached hydrogens (tertiary/aromatic N) is 3. The maximum absolute atomic E-state index is 9.07. The number of aliphatic hydroxyl groups excluding tert-OH is 1. The first-order valence-electron chi connectivity index (χ1n) is 5.06. The number of aryl methyl sites for hydroxylation is 1. The van der Waals surface area contributed by atoms with Crippen LogP contribution in [0.2, 0.25) is 0 Å². The lowest BCUT2D eigenvalue weighted by atomic mass is 10.1. The first-order valence-corrected chi connectivity index (χ1v) is 5.85. The number of rotatable bonds is 2. The number of hydrogen-bond donors (Lipinski definition) is 1. The zero-order chi connectivity index (χ0) is 10.8. The molecule has 0 radical (unpaired) electrons. The van der Waals surface area contributed by atoms with E-state index in [1.165, 1.54) is 0 Å². The van der Waals surface area contributed by atoms with E-state index in [-0.39, 0.29) is 6.61 Å². The lowest BCUT2D eigenvalue weighted by Gasteiger charge is -2.17. The minimum Gasteiger partial charge on any atom is -0.396 e. The highest BCUT2D eigenvalue weighted by atomic mass is 79.9. The van der Waals surface area contributed by atoms with Crippen molar-refractivity contribution in [3.05, 3.63) is 16.5 Å². The molecule has 0 aliphatic carbocycles. The van der Waals surface area contributed by atoms with Gasteiger partial charge in [-0.2, -0.15) is 0 Å². The molecule has 2 rings (SSSR count). The highest BCUT2D eigenvalue weighted by Gasteiger charge is 2.23. The maximum Gasteiger partial charge on any atom is 0.133 e. The van der Waals surface area contributed by atoms with Crippen LogP contribution in [-0.2, 0) is 0 Å². The van der Waals surface area contributed by atoms with E-state index in [9.17, 15) is 0 Å². The third kappa shape index (κ3) is 2.46. The fraction of sp³-hybridized carbons (Fsp3) is 0.600. The van der Waals surface area contributed by atoms with Gasteiger partial charge in [0.2, 0.25) is 0 Å². The smallest absolute Gasteiger partial charge is 0.133 e. The first-order chi connectivity index (χ1) is 7.19. The molecule has 1 unspecified atom stereocenters. The Bertz CT molecular complexity index is 338. The Hall–Kier alpha value is -0.680. The van der Waals surface area contributed by atoms with Crippen molar-refractivity contribution in [1.82, 2.24) is 9.97 Å². The van der Waals surface area contributed by atoms with E-state index in [2.05, 4.69) is 30.8 Å². The van der Waals surface area contributed by atoms with Gasteiger partial charge in [0.15, 0.2) is 0 Å². The van der Waals surface area contributed by atoms with E-state index < -0.39 is 0 Å². The predicted molar refractivity (Wildman–Crippen MR) is 61.9 cm³/mol. The summed E-state index contributed by atoms with van der Waals surface area (Å²) >= 11 is 3.37. The summed E-state index contributed by atoms with van der Waals surface area (Å²) in [7, 11) is 0. The van der Waals surface area contributed by atoms with E-state index in [4.69, 9.17) is 5.11 Å². The van der Waals surface area contributed by atoms with Crippen molar-refractivity contribution in [3.63, 3.8) is 0 Å². The fourth-order valence-corrected chi connectivity index (χ4v) is 2.33. The van der Waals surface area contributed by atoms with Crippen LogP contribution in [-0.4, -0.2) is 34.8 Å². The zero-order valence-corrected chi connectivity index (χ0v) is 10.2. The van der Waals surface area contributed by atoms with E-state index in [0.717, 1.165) is 35.8 Å². The Labute approximate surface area is 97.5 Å². The molecule has 1 aliphatic rings. The summed E-state index contributed by atoms with van der Waals surface area (Å²) in [6.45, 7) is 4.00. The molecule has 4 nitrogen and oxygen atoms in total. The van der Waals surface area contributed by atoms with Crippen molar-refractivity contribution in [1.29, 1.82) is 0 Å². The Morgan fingerprint density at radius 1 is 1.60 bits per heavy atom. The first kappa shape index (κ1) is 10.8. The molecule has 15 heavy (non-hydrogen) atoms. The predicted octanol–water partition coefficient (Wildman–Crippen LogP) is 1.37. The Kier molecular flexibility index (Phi) is 3.21. The molecular weight excluding hydrogens is 258 g/mol. The van der Waals surface area contributed by atoms with Crippen LogP contribution in [0.5, 0.6) is 0 Å². The van der Waals surface area contributed by atoms with Crippen molar-refractivity contribution in [2.45, 2.75) is 13.3 Å². The minimum absolute atomic E-state index is 0.266. The fourth-order valence-electron chi connectivity index (χ4n) is 1.87. The second-order valence-electron chi connectivity index (χ2n) is 3.88. The SMILES string of the molecule is Cc1nc(Br)cc(N2CCC(CO)C2)n1. The normalized spacial score (nSPS) is 21.0.